The molecule has 2 bridgehead atoms. The van der Waals surface area contributed by atoms with E-state index in [0.717, 1.165) is 18.0 Å². The van der Waals surface area contributed by atoms with E-state index in [1.54, 1.807) is 0 Å². The third-order valence-corrected chi connectivity index (χ3v) is 4.31. The first-order valence-electron chi connectivity index (χ1n) is 6.44. The fourth-order valence-corrected chi connectivity index (χ4v) is 3.34. The lowest BCUT2D eigenvalue weighted by Gasteiger charge is -2.44. The highest BCUT2D eigenvalue weighted by Crippen LogP contribution is 2.36. The Morgan fingerprint density at radius 1 is 1.12 bits per heavy atom. The van der Waals surface area contributed by atoms with E-state index in [-0.39, 0.29) is 0 Å². The van der Waals surface area contributed by atoms with Crippen molar-refractivity contribution >= 4 is 11.0 Å². The lowest BCUT2D eigenvalue weighted by molar-refractivity contribution is 0.0524. The number of nitrogens with zero attached hydrogens (tertiary/aromatic N) is 4. The molecule has 3 saturated heterocycles. The van der Waals surface area contributed by atoms with Crippen LogP contribution >= 0.6 is 0 Å². The van der Waals surface area contributed by atoms with Gasteiger partial charge in [0.15, 0.2) is 0 Å². The number of hydrogen-bond donors (Lipinski definition) is 0. The maximum atomic E-state index is 4.38. The Labute approximate surface area is 100 Å². The van der Waals surface area contributed by atoms with Gasteiger partial charge in [-0.2, -0.15) is 0 Å². The van der Waals surface area contributed by atoms with Gasteiger partial charge in [-0.25, -0.2) is 4.68 Å². The van der Waals surface area contributed by atoms with Crippen LogP contribution in [-0.2, 0) is 0 Å². The molecule has 4 heterocycles. The van der Waals surface area contributed by atoms with Gasteiger partial charge in [0.1, 0.15) is 5.52 Å². The van der Waals surface area contributed by atoms with Crippen LogP contribution in [0, 0.1) is 5.92 Å². The van der Waals surface area contributed by atoms with Crippen molar-refractivity contribution in [3.8, 4) is 0 Å². The van der Waals surface area contributed by atoms with Gasteiger partial charge in [-0.1, -0.05) is 17.3 Å². The fourth-order valence-electron chi connectivity index (χ4n) is 3.34. The molecule has 88 valence electrons. The van der Waals surface area contributed by atoms with E-state index in [1.165, 1.54) is 31.4 Å². The van der Waals surface area contributed by atoms with Crippen LogP contribution in [0.4, 0.5) is 0 Å². The number of hydrogen-bond acceptors (Lipinski definition) is 3. The number of rotatable bonds is 1. The molecular formula is C13H16N4. The molecule has 3 aliphatic rings. The van der Waals surface area contributed by atoms with Crippen molar-refractivity contribution in [3.63, 3.8) is 0 Å². The van der Waals surface area contributed by atoms with Crippen LogP contribution in [0.1, 0.15) is 18.9 Å². The summed E-state index contributed by atoms with van der Waals surface area (Å²) in [6, 6.07) is 8.80. The van der Waals surface area contributed by atoms with Crippen LogP contribution in [0.25, 0.3) is 11.0 Å². The average molecular weight is 228 g/mol. The number of fused-ring (bicyclic) bond motifs is 4. The second kappa shape index (κ2) is 3.53. The first kappa shape index (κ1) is 9.59. The fraction of sp³-hybridized carbons (Fsp3) is 0.538. The predicted octanol–water partition coefficient (Wildman–Crippen LogP) is 1.70. The lowest BCUT2D eigenvalue weighted by atomic mass is 9.84. The maximum absolute atomic E-state index is 4.38. The Hall–Kier alpha value is -1.42. The van der Waals surface area contributed by atoms with Gasteiger partial charge >= 0.3 is 0 Å². The molecule has 3 aliphatic heterocycles. The van der Waals surface area contributed by atoms with Crippen LogP contribution in [0.5, 0.6) is 0 Å². The van der Waals surface area contributed by atoms with E-state index in [4.69, 9.17) is 0 Å². The summed E-state index contributed by atoms with van der Waals surface area (Å²) in [5, 5.41) is 8.65. The molecule has 1 aromatic heterocycles. The molecule has 0 aliphatic carbocycles. The van der Waals surface area contributed by atoms with Crippen LogP contribution in [0.15, 0.2) is 24.3 Å². The van der Waals surface area contributed by atoms with Gasteiger partial charge in [0, 0.05) is 6.54 Å². The van der Waals surface area contributed by atoms with Crippen LogP contribution in [0.2, 0.25) is 0 Å². The largest absolute Gasteiger partial charge is 0.301 e. The van der Waals surface area contributed by atoms with Gasteiger partial charge in [-0.15, -0.1) is 5.10 Å². The Morgan fingerprint density at radius 3 is 2.71 bits per heavy atom. The van der Waals surface area contributed by atoms with E-state index in [0.29, 0.717) is 6.04 Å². The molecule has 17 heavy (non-hydrogen) atoms. The van der Waals surface area contributed by atoms with Crippen molar-refractivity contribution in [2.24, 2.45) is 5.92 Å². The molecule has 4 heteroatoms. The number of aromatic nitrogens is 3. The minimum atomic E-state index is 0.532. The van der Waals surface area contributed by atoms with Gasteiger partial charge in [0.25, 0.3) is 0 Å². The van der Waals surface area contributed by atoms with Crippen LogP contribution < -0.4 is 0 Å². The van der Waals surface area contributed by atoms with Gasteiger partial charge in [0.05, 0.1) is 11.6 Å². The molecule has 0 N–H and O–H groups in total. The molecular weight excluding hydrogens is 212 g/mol. The number of para-hydroxylation sites is 1. The summed E-state index contributed by atoms with van der Waals surface area (Å²) in [5.41, 5.74) is 2.20. The highest BCUT2D eigenvalue weighted by atomic mass is 15.5. The summed E-state index contributed by atoms with van der Waals surface area (Å²) in [5.74, 6) is 0.796. The average Bonchev–Trinajstić information content (AvgIpc) is 2.84. The summed E-state index contributed by atoms with van der Waals surface area (Å²) < 4.78 is 2.16. The van der Waals surface area contributed by atoms with E-state index >= 15 is 0 Å². The molecule has 0 saturated carbocycles. The van der Waals surface area contributed by atoms with Gasteiger partial charge in [0.2, 0.25) is 0 Å². The Kier molecular flexibility index (Phi) is 1.99. The molecule has 2 aromatic rings. The second-order valence-electron chi connectivity index (χ2n) is 5.23. The van der Waals surface area contributed by atoms with Crippen LogP contribution in [0.3, 0.4) is 0 Å². The molecule has 4 nitrogen and oxygen atoms in total. The van der Waals surface area contributed by atoms with Crippen molar-refractivity contribution in [1.82, 2.24) is 19.9 Å². The van der Waals surface area contributed by atoms with Crippen molar-refractivity contribution in [1.29, 1.82) is 0 Å². The highest BCUT2D eigenvalue weighted by Gasteiger charge is 2.36. The molecule has 3 fully saturated rings. The van der Waals surface area contributed by atoms with E-state index in [2.05, 4.69) is 32.0 Å². The molecule has 0 spiro atoms. The Balaban J connectivity index is 1.79. The normalized spacial score (nSPS) is 32.1. The van der Waals surface area contributed by atoms with Crippen molar-refractivity contribution < 1.29 is 0 Å². The first-order chi connectivity index (χ1) is 8.42. The zero-order chi connectivity index (χ0) is 11.2. The maximum Gasteiger partial charge on any atom is 0.113 e. The van der Waals surface area contributed by atoms with Gasteiger partial charge in [-0.05, 0) is 44.0 Å². The van der Waals surface area contributed by atoms with Gasteiger partial charge < -0.3 is 4.90 Å². The molecule has 1 unspecified atom stereocenters. The van der Waals surface area contributed by atoms with Crippen molar-refractivity contribution in [2.45, 2.75) is 18.9 Å². The third-order valence-electron chi connectivity index (χ3n) is 4.31. The summed E-state index contributed by atoms with van der Waals surface area (Å²) in [4.78, 5) is 2.56. The Bertz CT molecular complexity index is 539. The molecule has 0 amide bonds. The van der Waals surface area contributed by atoms with E-state index < -0.39 is 0 Å². The Morgan fingerprint density at radius 2 is 1.94 bits per heavy atom. The molecule has 1 aromatic carbocycles. The molecule has 1 atom stereocenters. The quantitative estimate of drug-likeness (QED) is 0.745. The van der Waals surface area contributed by atoms with Gasteiger partial charge in [-0.3, -0.25) is 0 Å². The van der Waals surface area contributed by atoms with E-state index in [9.17, 15) is 0 Å². The van der Waals surface area contributed by atoms with Crippen LogP contribution in [-0.4, -0.2) is 39.5 Å². The minimum absolute atomic E-state index is 0.532. The zero-order valence-electron chi connectivity index (χ0n) is 9.79. The first-order valence-corrected chi connectivity index (χ1v) is 6.44. The minimum Gasteiger partial charge on any atom is -0.301 e. The summed E-state index contributed by atoms with van der Waals surface area (Å²) in [7, 11) is 0. The lowest BCUT2D eigenvalue weighted by Crippen LogP contribution is -2.48. The predicted molar refractivity (Wildman–Crippen MR) is 65.7 cm³/mol. The molecule has 0 radical (unpaired) electrons. The number of piperidine rings is 3. The summed E-state index contributed by atoms with van der Waals surface area (Å²) in [6.07, 6.45) is 2.64. The molecule has 5 rings (SSSR count). The highest BCUT2D eigenvalue weighted by molar-refractivity contribution is 5.74. The SMILES string of the molecule is c1ccc2c(c1)nnn2C1CN2CCC1CC2. The van der Waals surface area contributed by atoms with Crippen molar-refractivity contribution in [3.05, 3.63) is 24.3 Å². The monoisotopic (exact) mass is 228 g/mol. The second-order valence-corrected chi connectivity index (χ2v) is 5.23. The standard InChI is InChI=1S/C13H16N4/c1-2-4-12-11(3-1)14-15-17(12)13-9-16-7-5-10(13)6-8-16/h1-4,10,13H,5-9H2. The third kappa shape index (κ3) is 1.40. The smallest absolute Gasteiger partial charge is 0.113 e. The zero-order valence-corrected chi connectivity index (χ0v) is 9.79. The topological polar surface area (TPSA) is 34.0 Å². The summed E-state index contributed by atoms with van der Waals surface area (Å²) >= 11 is 0. The van der Waals surface area contributed by atoms with Crippen molar-refractivity contribution in [2.75, 3.05) is 19.6 Å². The summed E-state index contributed by atoms with van der Waals surface area (Å²) in [6.45, 7) is 3.69. The number of benzene rings is 1. The van der Waals surface area contributed by atoms with E-state index in [1.807, 2.05) is 12.1 Å².